The van der Waals surface area contributed by atoms with E-state index in [0.29, 0.717) is 30.7 Å². The molecule has 0 fully saturated rings. The molecule has 7 heteroatoms. The van der Waals surface area contributed by atoms with Gasteiger partial charge in [0.2, 0.25) is 17.7 Å². The van der Waals surface area contributed by atoms with Gasteiger partial charge in [-0.1, -0.05) is 27.7 Å². The van der Waals surface area contributed by atoms with Gasteiger partial charge in [0.15, 0.2) is 0 Å². The summed E-state index contributed by atoms with van der Waals surface area (Å²) in [7, 11) is 0. The Hall–Kier alpha value is -2.57. The summed E-state index contributed by atoms with van der Waals surface area (Å²) in [4.78, 5) is 36.8. The molecule has 1 aromatic heterocycles. The summed E-state index contributed by atoms with van der Waals surface area (Å²) < 4.78 is 5.15. The van der Waals surface area contributed by atoms with Gasteiger partial charge in [-0.05, 0) is 49.3 Å². The van der Waals surface area contributed by atoms with Crippen molar-refractivity contribution in [2.45, 2.75) is 59.4 Å². The van der Waals surface area contributed by atoms with Crippen LogP contribution in [0.5, 0.6) is 0 Å². The summed E-state index contributed by atoms with van der Waals surface area (Å²) in [6.45, 7) is 9.48. The van der Waals surface area contributed by atoms with Crippen molar-refractivity contribution in [1.29, 1.82) is 0 Å². The minimum absolute atomic E-state index is 0.119. The van der Waals surface area contributed by atoms with Crippen molar-refractivity contribution in [2.24, 2.45) is 11.8 Å². The van der Waals surface area contributed by atoms with Crippen molar-refractivity contribution >= 4 is 23.8 Å². The van der Waals surface area contributed by atoms with Crippen LogP contribution >= 0.6 is 0 Å². The third-order valence-corrected chi connectivity index (χ3v) is 4.30. The zero-order valence-corrected chi connectivity index (χ0v) is 18.0. The van der Waals surface area contributed by atoms with E-state index < -0.39 is 11.9 Å². The molecule has 7 nitrogen and oxygen atoms in total. The van der Waals surface area contributed by atoms with Gasteiger partial charge < -0.3 is 20.4 Å². The molecule has 0 aliphatic carbocycles. The molecule has 1 unspecified atom stereocenters. The topological polar surface area (TPSA) is 100 Å². The number of nitrogens with one attached hydrogen (secondary N) is 3. The van der Waals surface area contributed by atoms with E-state index in [1.807, 2.05) is 0 Å². The summed E-state index contributed by atoms with van der Waals surface area (Å²) in [5.41, 5.74) is 0. The van der Waals surface area contributed by atoms with Crippen LogP contribution in [-0.2, 0) is 14.4 Å². The first-order chi connectivity index (χ1) is 13.8. The van der Waals surface area contributed by atoms with Crippen molar-refractivity contribution in [3.05, 3.63) is 30.2 Å². The molecule has 0 saturated carbocycles. The molecule has 0 spiro atoms. The molecule has 29 heavy (non-hydrogen) atoms. The summed E-state index contributed by atoms with van der Waals surface area (Å²) >= 11 is 0. The maximum absolute atomic E-state index is 12.5. The van der Waals surface area contributed by atoms with E-state index in [-0.39, 0.29) is 24.7 Å². The lowest BCUT2D eigenvalue weighted by Crippen LogP contribution is -2.47. The molecule has 0 aliphatic rings. The highest BCUT2D eigenvalue weighted by molar-refractivity contribution is 5.95. The largest absolute Gasteiger partial charge is 0.465 e. The van der Waals surface area contributed by atoms with Crippen molar-refractivity contribution in [2.75, 3.05) is 13.1 Å². The molecule has 0 saturated heterocycles. The van der Waals surface area contributed by atoms with E-state index in [1.165, 1.54) is 18.4 Å². The Bertz CT molecular complexity index is 651. The Morgan fingerprint density at radius 2 is 1.66 bits per heavy atom. The summed E-state index contributed by atoms with van der Waals surface area (Å²) in [5, 5.41) is 8.38. The van der Waals surface area contributed by atoms with Gasteiger partial charge in [-0.15, -0.1) is 0 Å². The highest BCUT2D eigenvalue weighted by Crippen LogP contribution is 2.04. The van der Waals surface area contributed by atoms with Gasteiger partial charge in [-0.25, -0.2) is 0 Å². The van der Waals surface area contributed by atoms with Crippen LogP contribution in [0.2, 0.25) is 0 Å². The van der Waals surface area contributed by atoms with Crippen LogP contribution in [0, 0.1) is 11.8 Å². The Morgan fingerprint density at radius 1 is 1.00 bits per heavy atom. The number of amides is 3. The van der Waals surface area contributed by atoms with E-state index in [0.717, 1.165) is 12.8 Å². The van der Waals surface area contributed by atoms with Gasteiger partial charge in [0.05, 0.1) is 6.26 Å². The quantitative estimate of drug-likeness (QED) is 0.439. The van der Waals surface area contributed by atoms with Crippen LogP contribution in [0.3, 0.4) is 0 Å². The first-order valence-electron chi connectivity index (χ1n) is 10.3. The average molecular weight is 406 g/mol. The van der Waals surface area contributed by atoms with Crippen LogP contribution in [-0.4, -0.2) is 36.9 Å². The highest BCUT2D eigenvalue weighted by atomic mass is 16.3. The van der Waals surface area contributed by atoms with E-state index in [1.54, 1.807) is 12.1 Å². The van der Waals surface area contributed by atoms with Gasteiger partial charge in [-0.2, -0.15) is 0 Å². The molecule has 0 radical (unpaired) electrons. The molecule has 3 amide bonds. The summed E-state index contributed by atoms with van der Waals surface area (Å²) in [6, 6.07) is 2.67. The number of hydrogen-bond donors (Lipinski definition) is 3. The molecule has 1 aromatic rings. The van der Waals surface area contributed by atoms with Crippen molar-refractivity contribution in [3.8, 4) is 0 Å². The van der Waals surface area contributed by atoms with Gasteiger partial charge in [0.25, 0.3) is 0 Å². The standard InChI is InChI=1S/C22H35N3O4/c1-16(2)11-13-23-20(26)10-8-19(22(28)24-14-12-17(3)4)25-21(27)9-7-18-6-5-15-29-18/h5-7,9,15-17,19H,8,10-14H2,1-4H3,(H,23,26)(H,24,28)(H,25,27). The van der Waals surface area contributed by atoms with Crippen LogP contribution in [0.15, 0.2) is 28.9 Å². The van der Waals surface area contributed by atoms with Crippen molar-refractivity contribution in [3.63, 3.8) is 0 Å². The Balaban J connectivity index is 2.58. The van der Waals surface area contributed by atoms with Crippen LogP contribution < -0.4 is 16.0 Å². The van der Waals surface area contributed by atoms with Crippen molar-refractivity contribution in [1.82, 2.24) is 16.0 Å². The SMILES string of the molecule is CC(C)CCNC(=O)CCC(NC(=O)C=Cc1ccco1)C(=O)NCCC(C)C. The van der Waals surface area contributed by atoms with Crippen LogP contribution in [0.4, 0.5) is 0 Å². The molecule has 0 bridgehead atoms. The number of furan rings is 1. The monoisotopic (exact) mass is 405 g/mol. The fourth-order valence-electron chi connectivity index (χ4n) is 2.50. The molecular formula is C22H35N3O4. The minimum atomic E-state index is -0.772. The molecular weight excluding hydrogens is 370 g/mol. The lowest BCUT2D eigenvalue weighted by molar-refractivity contribution is -0.128. The van der Waals surface area contributed by atoms with Crippen LogP contribution in [0.25, 0.3) is 6.08 Å². The van der Waals surface area contributed by atoms with Crippen molar-refractivity contribution < 1.29 is 18.8 Å². The molecule has 1 atom stereocenters. The molecule has 162 valence electrons. The number of carbonyl (C=O) groups excluding carboxylic acids is 3. The second-order valence-corrected chi connectivity index (χ2v) is 7.95. The Kier molecular flexibility index (Phi) is 11.5. The van der Waals surface area contributed by atoms with E-state index >= 15 is 0 Å². The smallest absolute Gasteiger partial charge is 0.244 e. The lowest BCUT2D eigenvalue weighted by atomic mass is 10.1. The molecule has 0 aromatic carbocycles. The normalized spacial score (nSPS) is 12.3. The van der Waals surface area contributed by atoms with E-state index in [4.69, 9.17) is 4.42 Å². The van der Waals surface area contributed by atoms with E-state index in [2.05, 4.69) is 43.6 Å². The Morgan fingerprint density at radius 3 is 2.24 bits per heavy atom. The summed E-state index contributed by atoms with van der Waals surface area (Å²) in [5.74, 6) is 0.709. The molecule has 0 aliphatic heterocycles. The maximum atomic E-state index is 12.5. The Labute approximate surface area is 173 Å². The zero-order chi connectivity index (χ0) is 21.6. The van der Waals surface area contributed by atoms with Gasteiger partial charge in [0.1, 0.15) is 11.8 Å². The lowest BCUT2D eigenvalue weighted by Gasteiger charge is -2.18. The third kappa shape index (κ3) is 11.8. The summed E-state index contributed by atoms with van der Waals surface area (Å²) in [6.07, 6.45) is 6.52. The second kappa shape index (κ2) is 13.6. The van der Waals surface area contributed by atoms with Gasteiger partial charge in [-0.3, -0.25) is 14.4 Å². The van der Waals surface area contributed by atoms with Crippen LogP contribution in [0.1, 0.15) is 59.1 Å². The second-order valence-electron chi connectivity index (χ2n) is 7.95. The number of hydrogen-bond acceptors (Lipinski definition) is 4. The fourth-order valence-corrected chi connectivity index (χ4v) is 2.50. The third-order valence-electron chi connectivity index (χ3n) is 4.30. The predicted molar refractivity (Wildman–Crippen MR) is 114 cm³/mol. The molecule has 3 N–H and O–H groups in total. The maximum Gasteiger partial charge on any atom is 0.244 e. The average Bonchev–Trinajstić information content (AvgIpc) is 3.16. The fraction of sp³-hybridized carbons (Fsp3) is 0.591. The van der Waals surface area contributed by atoms with Gasteiger partial charge in [0, 0.05) is 25.6 Å². The van der Waals surface area contributed by atoms with E-state index in [9.17, 15) is 14.4 Å². The van der Waals surface area contributed by atoms with Gasteiger partial charge >= 0.3 is 0 Å². The highest BCUT2D eigenvalue weighted by Gasteiger charge is 2.21. The molecule has 1 rings (SSSR count). The first kappa shape index (κ1) is 24.5. The zero-order valence-electron chi connectivity index (χ0n) is 18.0. The first-order valence-corrected chi connectivity index (χ1v) is 10.3. The molecule has 1 heterocycles. The number of rotatable bonds is 13. The minimum Gasteiger partial charge on any atom is -0.465 e. The number of carbonyl (C=O) groups is 3. The predicted octanol–water partition coefficient (Wildman–Crippen LogP) is 2.88.